The number of fused-ring (bicyclic) bond motifs is 1. The Morgan fingerprint density at radius 2 is 2.03 bits per heavy atom. The van der Waals surface area contributed by atoms with Crippen LogP contribution in [0.3, 0.4) is 0 Å². The summed E-state index contributed by atoms with van der Waals surface area (Å²) in [5.74, 6) is 0.514. The molecule has 4 aliphatic rings. The number of likely N-dealkylation sites (N-methyl/N-ethyl adjacent to an activating group) is 1. The van der Waals surface area contributed by atoms with Crippen LogP contribution in [0.2, 0.25) is 0 Å². The highest BCUT2D eigenvalue weighted by Gasteiger charge is 2.78. The Bertz CT molecular complexity index is 1140. The highest BCUT2D eigenvalue weighted by molar-refractivity contribution is 5.72. The molecule has 1 spiro atoms. The second-order valence-electron chi connectivity index (χ2n) is 11.8. The number of rotatable bonds is 7. The molecular weight excluding hydrogens is 486 g/mol. The lowest BCUT2D eigenvalue weighted by Gasteiger charge is -2.64. The molecule has 6 atom stereocenters. The molecule has 1 amide bonds. The van der Waals surface area contributed by atoms with Gasteiger partial charge in [-0.15, -0.1) is 0 Å². The van der Waals surface area contributed by atoms with Gasteiger partial charge in [0.1, 0.15) is 18.5 Å². The van der Waals surface area contributed by atoms with Crippen LogP contribution in [0.25, 0.3) is 0 Å². The van der Waals surface area contributed by atoms with Crippen molar-refractivity contribution in [1.29, 1.82) is 0 Å². The van der Waals surface area contributed by atoms with E-state index in [2.05, 4.69) is 40.3 Å². The summed E-state index contributed by atoms with van der Waals surface area (Å²) in [6.07, 6.45) is 4.23. The van der Waals surface area contributed by atoms with Crippen molar-refractivity contribution in [3.63, 3.8) is 0 Å². The average molecular weight is 528 g/mol. The van der Waals surface area contributed by atoms with Crippen molar-refractivity contribution in [3.05, 3.63) is 35.9 Å². The van der Waals surface area contributed by atoms with Gasteiger partial charge in [0, 0.05) is 55.7 Å². The maximum Gasteiger partial charge on any atom is 0.407 e. The van der Waals surface area contributed by atoms with Gasteiger partial charge in [0.05, 0.1) is 13.2 Å². The lowest BCUT2D eigenvalue weighted by Crippen LogP contribution is -2.80. The number of benzene rings is 1. The Hall–Kier alpha value is -2.78. The van der Waals surface area contributed by atoms with Gasteiger partial charge in [-0.2, -0.15) is 0 Å². The highest BCUT2D eigenvalue weighted by atomic mass is 16.6. The molecule has 9 heteroatoms. The van der Waals surface area contributed by atoms with Gasteiger partial charge in [-0.1, -0.05) is 39.0 Å². The fraction of sp³-hybridized carbons (Fsp3) is 0.655. The molecule has 2 N–H and O–H groups in total. The van der Waals surface area contributed by atoms with Gasteiger partial charge in [0.15, 0.2) is 5.60 Å². The Balaban J connectivity index is 1.69. The van der Waals surface area contributed by atoms with Crippen LogP contribution in [0.15, 0.2) is 30.4 Å². The van der Waals surface area contributed by atoms with Crippen LogP contribution in [0, 0.1) is 11.3 Å². The predicted octanol–water partition coefficient (Wildman–Crippen LogP) is 2.85. The SMILES string of the molecule is CC[C@]12C=CCN3CC[C@@]4(c5ccc(OC)cc5N(C)[C@H]4[C@@](O)(COC(=O)NCC(C)C)[C@@H]1OC(C)=O)C32. The van der Waals surface area contributed by atoms with Crippen molar-refractivity contribution < 1.29 is 28.9 Å². The molecule has 1 aromatic carbocycles. The molecule has 0 radical (unpaired) electrons. The molecule has 3 aliphatic heterocycles. The van der Waals surface area contributed by atoms with E-state index in [9.17, 15) is 14.7 Å². The molecule has 2 fully saturated rings. The van der Waals surface area contributed by atoms with E-state index in [0.717, 1.165) is 36.5 Å². The van der Waals surface area contributed by atoms with Gasteiger partial charge in [-0.25, -0.2) is 4.79 Å². The number of alkyl carbamates (subject to hydrolysis) is 1. The zero-order chi connectivity index (χ0) is 27.5. The largest absolute Gasteiger partial charge is 0.497 e. The maximum absolute atomic E-state index is 12.9. The van der Waals surface area contributed by atoms with E-state index in [1.165, 1.54) is 6.92 Å². The third kappa shape index (κ3) is 3.65. The molecule has 1 aromatic rings. The monoisotopic (exact) mass is 527 g/mol. The predicted molar refractivity (Wildman–Crippen MR) is 143 cm³/mol. The summed E-state index contributed by atoms with van der Waals surface area (Å²) in [6.45, 7) is 9.27. The van der Waals surface area contributed by atoms with Crippen LogP contribution < -0.4 is 15.0 Å². The van der Waals surface area contributed by atoms with Gasteiger partial charge >= 0.3 is 12.1 Å². The molecule has 1 aliphatic carbocycles. The number of carbonyl (C=O) groups is 2. The van der Waals surface area contributed by atoms with E-state index in [0.29, 0.717) is 13.0 Å². The minimum absolute atomic E-state index is 0.00788. The standard InChI is InChI=1S/C29H41N3O6/c1-7-27-11-8-13-32-14-12-28(23(27)32)21-10-9-20(36-6)15-22(21)31(5)24(28)29(35,25(27)38-19(4)33)17-37-26(34)30-16-18(2)3/h8-11,15,18,23-25,35H,7,12-14,16-17H2,1-6H3,(H,30,34)/t23?,24-,25-,27-,28-,29+/m1/s1. The summed E-state index contributed by atoms with van der Waals surface area (Å²) in [4.78, 5) is 29.9. The van der Waals surface area contributed by atoms with Gasteiger partial charge in [-0.3, -0.25) is 9.69 Å². The number of aliphatic hydroxyl groups is 1. The quantitative estimate of drug-likeness (QED) is 0.413. The van der Waals surface area contributed by atoms with Crippen molar-refractivity contribution in [2.45, 2.75) is 69.7 Å². The molecule has 3 heterocycles. The smallest absolute Gasteiger partial charge is 0.407 e. The molecule has 208 valence electrons. The van der Waals surface area contributed by atoms with Crippen LogP contribution in [0.5, 0.6) is 5.75 Å². The van der Waals surface area contributed by atoms with Gasteiger partial charge in [0.2, 0.25) is 0 Å². The average Bonchev–Trinajstić information content (AvgIpc) is 3.40. The molecule has 0 aromatic heterocycles. The normalized spacial score (nSPS) is 34.9. The molecule has 1 saturated heterocycles. The summed E-state index contributed by atoms with van der Waals surface area (Å²) >= 11 is 0. The number of esters is 1. The number of nitrogens with zero attached hydrogens (tertiary/aromatic N) is 2. The summed E-state index contributed by atoms with van der Waals surface area (Å²) in [7, 11) is 3.61. The number of nitrogens with one attached hydrogen (secondary N) is 1. The minimum Gasteiger partial charge on any atom is -0.497 e. The summed E-state index contributed by atoms with van der Waals surface area (Å²) in [5.41, 5.74) is -0.713. The fourth-order valence-corrected chi connectivity index (χ4v) is 8.13. The molecule has 9 nitrogen and oxygen atoms in total. The van der Waals surface area contributed by atoms with Crippen LogP contribution in [0.1, 0.15) is 46.1 Å². The van der Waals surface area contributed by atoms with Crippen LogP contribution in [0.4, 0.5) is 10.5 Å². The second-order valence-corrected chi connectivity index (χ2v) is 11.8. The Morgan fingerprint density at radius 1 is 1.26 bits per heavy atom. The zero-order valence-electron chi connectivity index (χ0n) is 23.3. The lowest BCUT2D eigenvalue weighted by molar-refractivity contribution is -0.228. The third-order valence-electron chi connectivity index (χ3n) is 9.31. The number of hydrogen-bond acceptors (Lipinski definition) is 8. The number of anilines is 1. The van der Waals surface area contributed by atoms with Crippen molar-refractivity contribution in [2.24, 2.45) is 11.3 Å². The number of methoxy groups -OCH3 is 1. The van der Waals surface area contributed by atoms with E-state index in [4.69, 9.17) is 14.2 Å². The highest BCUT2D eigenvalue weighted by Crippen LogP contribution is 2.67. The van der Waals surface area contributed by atoms with Crippen molar-refractivity contribution in [1.82, 2.24) is 10.2 Å². The first-order valence-corrected chi connectivity index (χ1v) is 13.7. The van der Waals surface area contributed by atoms with E-state index < -0.39 is 40.6 Å². The summed E-state index contributed by atoms with van der Waals surface area (Å²) < 4.78 is 17.4. The minimum atomic E-state index is -1.69. The first-order chi connectivity index (χ1) is 18.0. The Labute approximate surface area is 225 Å². The van der Waals surface area contributed by atoms with Crippen LogP contribution >= 0.6 is 0 Å². The number of carbonyl (C=O) groups excluding carboxylic acids is 2. The van der Waals surface area contributed by atoms with Gasteiger partial charge in [0.25, 0.3) is 0 Å². The van der Waals surface area contributed by atoms with Crippen molar-refractivity contribution in [3.8, 4) is 5.75 Å². The Kier molecular flexibility index (Phi) is 6.67. The Morgan fingerprint density at radius 3 is 2.68 bits per heavy atom. The number of amides is 1. The van der Waals surface area contributed by atoms with E-state index >= 15 is 0 Å². The molecule has 38 heavy (non-hydrogen) atoms. The fourth-order valence-electron chi connectivity index (χ4n) is 8.13. The molecule has 5 rings (SSSR count). The van der Waals surface area contributed by atoms with Crippen LogP contribution in [-0.4, -0.2) is 86.3 Å². The molecule has 1 unspecified atom stereocenters. The van der Waals surface area contributed by atoms with E-state index in [-0.39, 0.29) is 18.6 Å². The van der Waals surface area contributed by atoms with Crippen LogP contribution in [-0.2, 0) is 19.7 Å². The number of ether oxygens (including phenoxy) is 3. The molecular formula is C29H41N3O6. The van der Waals surface area contributed by atoms with E-state index in [1.807, 2.05) is 33.0 Å². The second kappa shape index (κ2) is 9.45. The zero-order valence-corrected chi connectivity index (χ0v) is 23.3. The first-order valence-electron chi connectivity index (χ1n) is 13.7. The number of hydrogen-bond donors (Lipinski definition) is 2. The summed E-state index contributed by atoms with van der Waals surface area (Å²) in [6, 6.07) is 5.60. The molecule has 0 bridgehead atoms. The van der Waals surface area contributed by atoms with Crippen molar-refractivity contribution in [2.75, 3.05) is 45.3 Å². The van der Waals surface area contributed by atoms with Gasteiger partial charge < -0.3 is 29.5 Å². The molecule has 1 saturated carbocycles. The maximum atomic E-state index is 12.9. The third-order valence-corrected chi connectivity index (χ3v) is 9.31. The summed E-state index contributed by atoms with van der Waals surface area (Å²) in [5, 5.41) is 15.7. The van der Waals surface area contributed by atoms with Crippen molar-refractivity contribution >= 4 is 17.7 Å². The van der Waals surface area contributed by atoms with E-state index in [1.54, 1.807) is 7.11 Å². The van der Waals surface area contributed by atoms with Gasteiger partial charge in [-0.05, 0) is 36.9 Å². The topological polar surface area (TPSA) is 101 Å². The first kappa shape index (κ1) is 26.8. The lowest BCUT2D eigenvalue weighted by atomic mass is 9.48.